The van der Waals surface area contributed by atoms with Crippen LogP contribution in [0.1, 0.15) is 44.6 Å². The van der Waals surface area contributed by atoms with E-state index in [9.17, 15) is 4.79 Å². The van der Waals surface area contributed by atoms with Crippen molar-refractivity contribution in [3.05, 3.63) is 64.9 Å². The van der Waals surface area contributed by atoms with Crippen molar-refractivity contribution >= 4 is 17.7 Å². The van der Waals surface area contributed by atoms with Gasteiger partial charge in [0.1, 0.15) is 5.60 Å². The average molecular weight is 453 g/mol. The minimum atomic E-state index is -0.639. The molecule has 0 fully saturated rings. The number of aromatic nitrogens is 4. The molecule has 1 heterocycles. The fraction of sp³-hybridized carbons (Fsp3) is 0.348. The van der Waals surface area contributed by atoms with Crippen molar-refractivity contribution in [2.45, 2.75) is 51.8 Å². The molecule has 3 aromatic rings. The highest BCUT2D eigenvalue weighted by Crippen LogP contribution is 2.25. The maximum absolute atomic E-state index is 12.5. The first-order valence-corrected chi connectivity index (χ1v) is 10.6. The Labute approximate surface area is 192 Å². The minimum Gasteiger partial charge on any atom is -0.444 e. The number of amides is 1. The highest BCUT2D eigenvalue weighted by molar-refractivity contribution is 6.30. The van der Waals surface area contributed by atoms with E-state index in [2.05, 4.69) is 26.9 Å². The third-order valence-electron chi connectivity index (χ3n) is 4.55. The number of nitrogens with zero attached hydrogens (tertiary/aromatic N) is 5. The van der Waals surface area contributed by atoms with Crippen LogP contribution in [0.15, 0.2) is 48.5 Å². The van der Waals surface area contributed by atoms with Crippen LogP contribution in [0.3, 0.4) is 0 Å². The topological polar surface area (TPSA) is 106 Å². The number of carbonyl (C=O) groups is 1. The highest BCUT2D eigenvalue weighted by atomic mass is 35.5. The van der Waals surface area contributed by atoms with Crippen LogP contribution in [-0.4, -0.2) is 31.9 Å². The molecule has 1 aromatic heterocycles. The number of rotatable bonds is 7. The summed E-state index contributed by atoms with van der Waals surface area (Å²) in [7, 11) is 0. The lowest BCUT2D eigenvalue weighted by atomic mass is 10.0. The molecular formula is C23H25ClN6O2. The number of halogens is 1. The van der Waals surface area contributed by atoms with E-state index in [0.717, 1.165) is 16.7 Å². The van der Waals surface area contributed by atoms with Gasteiger partial charge in [0.15, 0.2) is 5.82 Å². The summed E-state index contributed by atoms with van der Waals surface area (Å²) < 4.78 is 6.95. The Morgan fingerprint density at radius 2 is 1.97 bits per heavy atom. The Morgan fingerprint density at radius 1 is 1.22 bits per heavy atom. The zero-order valence-electron chi connectivity index (χ0n) is 18.2. The lowest BCUT2D eigenvalue weighted by Crippen LogP contribution is -2.37. The SMILES string of the molecule is CC(C)(C)OC(=O)N[C@@H](Cc1ccc(-c2cccc(Cl)c2)cc1)c1nnnn1CCC#N. The van der Waals surface area contributed by atoms with Crippen molar-refractivity contribution in [2.75, 3.05) is 0 Å². The van der Waals surface area contributed by atoms with Crippen LogP contribution < -0.4 is 5.32 Å². The predicted octanol–water partition coefficient (Wildman–Crippen LogP) is 4.72. The van der Waals surface area contributed by atoms with Crippen LogP contribution in [0.2, 0.25) is 5.02 Å². The number of carbonyl (C=O) groups excluding carboxylic acids is 1. The van der Waals surface area contributed by atoms with E-state index in [1.165, 1.54) is 4.68 Å². The molecule has 8 nitrogen and oxygen atoms in total. The van der Waals surface area contributed by atoms with Gasteiger partial charge in [-0.15, -0.1) is 5.10 Å². The molecule has 3 rings (SSSR count). The third kappa shape index (κ3) is 6.53. The molecule has 1 amide bonds. The fourth-order valence-electron chi connectivity index (χ4n) is 3.17. The Kier molecular flexibility index (Phi) is 7.44. The molecule has 9 heteroatoms. The van der Waals surface area contributed by atoms with E-state index in [-0.39, 0.29) is 6.42 Å². The molecule has 166 valence electrons. The maximum atomic E-state index is 12.5. The zero-order chi connectivity index (χ0) is 23.1. The van der Waals surface area contributed by atoms with Crippen LogP contribution >= 0.6 is 11.6 Å². The van der Waals surface area contributed by atoms with Gasteiger partial charge in [0.2, 0.25) is 0 Å². The molecule has 1 N–H and O–H groups in total. The molecule has 0 bridgehead atoms. The summed E-state index contributed by atoms with van der Waals surface area (Å²) in [6, 6.07) is 17.2. The summed E-state index contributed by atoms with van der Waals surface area (Å²) in [5.74, 6) is 0.463. The number of hydrogen-bond donors (Lipinski definition) is 1. The zero-order valence-corrected chi connectivity index (χ0v) is 19.0. The van der Waals surface area contributed by atoms with Crippen LogP contribution in [0, 0.1) is 11.3 Å². The second-order valence-electron chi connectivity index (χ2n) is 8.28. The van der Waals surface area contributed by atoms with E-state index >= 15 is 0 Å². The standard InChI is InChI=1S/C23H25ClN6O2/c1-23(2,3)32-22(31)26-20(21-27-28-29-30(21)13-5-12-25)14-16-8-10-17(11-9-16)18-6-4-7-19(24)15-18/h4,6-11,15,20H,5,13-14H2,1-3H3,(H,26,31)/t20-/m0/s1. The van der Waals surface area contributed by atoms with Crippen LogP contribution in [-0.2, 0) is 17.7 Å². The van der Waals surface area contributed by atoms with Gasteiger partial charge < -0.3 is 10.1 Å². The quantitative estimate of drug-likeness (QED) is 0.556. The second-order valence-corrected chi connectivity index (χ2v) is 8.71. The summed E-state index contributed by atoms with van der Waals surface area (Å²) in [5, 5.41) is 24.2. The van der Waals surface area contributed by atoms with Crippen molar-refractivity contribution in [3.63, 3.8) is 0 Å². The smallest absolute Gasteiger partial charge is 0.408 e. The largest absolute Gasteiger partial charge is 0.444 e. The normalized spacial score (nSPS) is 12.1. The molecular weight excluding hydrogens is 428 g/mol. The van der Waals surface area contributed by atoms with Crippen molar-refractivity contribution in [1.29, 1.82) is 5.26 Å². The van der Waals surface area contributed by atoms with Gasteiger partial charge in [-0.25, -0.2) is 9.48 Å². The molecule has 0 spiro atoms. The Morgan fingerprint density at radius 3 is 2.62 bits per heavy atom. The van der Waals surface area contributed by atoms with E-state index in [0.29, 0.717) is 23.8 Å². The number of benzene rings is 2. The van der Waals surface area contributed by atoms with Crippen LogP contribution in [0.25, 0.3) is 11.1 Å². The fourth-order valence-corrected chi connectivity index (χ4v) is 3.36. The number of alkyl carbamates (subject to hydrolysis) is 1. The first-order chi connectivity index (χ1) is 15.2. The van der Waals surface area contributed by atoms with Gasteiger partial charge in [0, 0.05) is 11.4 Å². The van der Waals surface area contributed by atoms with Gasteiger partial charge in [-0.2, -0.15) is 5.26 Å². The first kappa shape index (κ1) is 23.2. The summed E-state index contributed by atoms with van der Waals surface area (Å²) in [4.78, 5) is 12.5. The summed E-state index contributed by atoms with van der Waals surface area (Å²) >= 11 is 6.10. The molecule has 0 aliphatic rings. The monoisotopic (exact) mass is 452 g/mol. The Bertz CT molecular complexity index is 1100. The molecule has 2 aromatic carbocycles. The second kappa shape index (κ2) is 10.2. The van der Waals surface area contributed by atoms with Gasteiger partial charge in [0.25, 0.3) is 0 Å². The van der Waals surface area contributed by atoms with E-state index in [1.807, 2.05) is 48.5 Å². The third-order valence-corrected chi connectivity index (χ3v) is 4.78. The molecule has 0 aliphatic heterocycles. The molecule has 0 aliphatic carbocycles. The number of ether oxygens (including phenoxy) is 1. The lowest BCUT2D eigenvalue weighted by molar-refractivity contribution is 0.0500. The van der Waals surface area contributed by atoms with Crippen LogP contribution in [0.5, 0.6) is 0 Å². The molecule has 0 unspecified atom stereocenters. The van der Waals surface area contributed by atoms with Gasteiger partial charge in [-0.05, 0) is 60.0 Å². The number of aryl methyl sites for hydroxylation is 1. The van der Waals surface area contributed by atoms with Gasteiger partial charge in [0.05, 0.1) is 25.1 Å². The maximum Gasteiger partial charge on any atom is 0.408 e. The number of tetrazole rings is 1. The number of nitriles is 1. The Balaban J connectivity index is 1.83. The summed E-state index contributed by atoms with van der Waals surface area (Å²) in [5.41, 5.74) is 2.39. The van der Waals surface area contributed by atoms with Crippen molar-refractivity contribution < 1.29 is 9.53 Å². The summed E-state index contributed by atoms with van der Waals surface area (Å²) in [6.07, 6.45) is 0.140. The van der Waals surface area contributed by atoms with Crippen molar-refractivity contribution in [1.82, 2.24) is 25.5 Å². The molecule has 0 saturated carbocycles. The number of hydrogen-bond acceptors (Lipinski definition) is 6. The Hall–Kier alpha value is -3.44. The van der Waals surface area contributed by atoms with Gasteiger partial charge in [-0.3, -0.25) is 0 Å². The lowest BCUT2D eigenvalue weighted by Gasteiger charge is -2.23. The summed E-state index contributed by atoms with van der Waals surface area (Å²) in [6.45, 7) is 5.73. The number of nitrogens with one attached hydrogen (secondary N) is 1. The van der Waals surface area contributed by atoms with Crippen molar-refractivity contribution in [2.24, 2.45) is 0 Å². The van der Waals surface area contributed by atoms with Gasteiger partial charge >= 0.3 is 6.09 Å². The van der Waals surface area contributed by atoms with E-state index in [1.54, 1.807) is 20.8 Å². The highest BCUT2D eigenvalue weighted by Gasteiger charge is 2.25. The average Bonchev–Trinajstić information content (AvgIpc) is 3.19. The van der Waals surface area contributed by atoms with E-state index < -0.39 is 17.7 Å². The molecule has 1 atom stereocenters. The predicted molar refractivity (Wildman–Crippen MR) is 121 cm³/mol. The van der Waals surface area contributed by atoms with E-state index in [4.69, 9.17) is 21.6 Å². The minimum absolute atomic E-state index is 0.255. The van der Waals surface area contributed by atoms with Crippen LogP contribution in [0.4, 0.5) is 4.79 Å². The van der Waals surface area contributed by atoms with Gasteiger partial charge in [-0.1, -0.05) is 48.0 Å². The van der Waals surface area contributed by atoms with Crippen molar-refractivity contribution in [3.8, 4) is 17.2 Å². The molecule has 32 heavy (non-hydrogen) atoms. The molecule has 0 radical (unpaired) electrons. The molecule has 0 saturated heterocycles. The first-order valence-electron chi connectivity index (χ1n) is 10.2.